The van der Waals surface area contributed by atoms with E-state index in [9.17, 15) is 5.11 Å². The van der Waals surface area contributed by atoms with Gasteiger partial charge in [0.2, 0.25) is 0 Å². The van der Waals surface area contributed by atoms with Crippen LogP contribution in [-0.2, 0) is 11.3 Å². The van der Waals surface area contributed by atoms with Gasteiger partial charge < -0.3 is 9.84 Å². The van der Waals surface area contributed by atoms with Gasteiger partial charge in [0.05, 0.1) is 10.5 Å². The standard InChI is InChI=1S/C11H14ClN3O2/c1-17-5-3-2-4-15-9-6-8(12)7-13-10(9)14-11(15)16/h6-7H,2-5H2,1H3,(H,13,14,16). The van der Waals surface area contributed by atoms with Gasteiger partial charge in [0.1, 0.15) is 0 Å². The minimum Gasteiger partial charge on any atom is -0.480 e. The predicted molar refractivity (Wildman–Crippen MR) is 65.3 cm³/mol. The van der Waals surface area contributed by atoms with Crippen LogP contribution >= 0.6 is 11.6 Å². The third-order valence-electron chi connectivity index (χ3n) is 2.53. The lowest BCUT2D eigenvalue weighted by Crippen LogP contribution is -1.99. The number of rotatable bonds is 5. The maximum absolute atomic E-state index is 9.72. The molecule has 0 saturated heterocycles. The van der Waals surface area contributed by atoms with Crippen LogP contribution in [0.15, 0.2) is 12.3 Å². The molecule has 0 aliphatic rings. The van der Waals surface area contributed by atoms with Crippen LogP contribution in [-0.4, -0.2) is 33.4 Å². The summed E-state index contributed by atoms with van der Waals surface area (Å²) in [5, 5.41) is 10.3. The van der Waals surface area contributed by atoms with Crippen molar-refractivity contribution in [3.63, 3.8) is 0 Å². The van der Waals surface area contributed by atoms with Crippen LogP contribution < -0.4 is 0 Å². The maximum atomic E-state index is 9.72. The average Bonchev–Trinajstić information content (AvgIpc) is 2.61. The Labute approximate surface area is 104 Å². The zero-order valence-electron chi connectivity index (χ0n) is 9.56. The number of hydrogen-bond donors (Lipinski definition) is 1. The van der Waals surface area contributed by atoms with Gasteiger partial charge in [0.15, 0.2) is 5.65 Å². The summed E-state index contributed by atoms with van der Waals surface area (Å²) in [4.78, 5) is 8.03. The predicted octanol–water partition coefficient (Wildman–Crippen LogP) is 2.22. The highest BCUT2D eigenvalue weighted by molar-refractivity contribution is 6.31. The fourth-order valence-electron chi connectivity index (χ4n) is 1.71. The van der Waals surface area contributed by atoms with Gasteiger partial charge in [-0.15, -0.1) is 0 Å². The Morgan fingerprint density at radius 3 is 3.06 bits per heavy atom. The molecule has 0 saturated carbocycles. The van der Waals surface area contributed by atoms with Crippen LogP contribution in [0.2, 0.25) is 5.02 Å². The smallest absolute Gasteiger partial charge is 0.296 e. The molecule has 0 spiro atoms. The summed E-state index contributed by atoms with van der Waals surface area (Å²) in [5.74, 6) is 0. The Hall–Kier alpha value is -1.33. The van der Waals surface area contributed by atoms with Crippen LogP contribution in [0, 0.1) is 0 Å². The fourth-order valence-corrected chi connectivity index (χ4v) is 1.86. The molecule has 2 aromatic heterocycles. The number of hydrogen-bond acceptors (Lipinski definition) is 4. The molecule has 0 bridgehead atoms. The first-order valence-corrected chi connectivity index (χ1v) is 5.80. The summed E-state index contributed by atoms with van der Waals surface area (Å²) in [6.07, 6.45) is 3.36. The minimum atomic E-state index is -0.0211. The molecule has 0 fully saturated rings. The molecule has 2 heterocycles. The number of aryl methyl sites for hydroxylation is 1. The lowest BCUT2D eigenvalue weighted by molar-refractivity contribution is 0.191. The molecule has 2 aromatic rings. The summed E-state index contributed by atoms with van der Waals surface area (Å²) in [5.41, 5.74) is 1.27. The number of methoxy groups -OCH3 is 1. The number of unbranched alkanes of at least 4 members (excludes halogenated alkanes) is 1. The summed E-state index contributed by atoms with van der Waals surface area (Å²) < 4.78 is 6.69. The van der Waals surface area contributed by atoms with E-state index in [0.29, 0.717) is 23.8 Å². The number of pyridine rings is 1. The number of aromatic hydroxyl groups is 1. The van der Waals surface area contributed by atoms with Crippen LogP contribution in [0.4, 0.5) is 0 Å². The van der Waals surface area contributed by atoms with Crippen molar-refractivity contribution in [2.75, 3.05) is 13.7 Å². The molecule has 0 unspecified atom stereocenters. The minimum absolute atomic E-state index is 0.0211. The van der Waals surface area contributed by atoms with Crippen molar-refractivity contribution < 1.29 is 9.84 Å². The SMILES string of the molecule is COCCCCn1c(O)nc2ncc(Cl)cc21. The second kappa shape index (κ2) is 5.33. The quantitative estimate of drug-likeness (QED) is 0.833. The highest BCUT2D eigenvalue weighted by Gasteiger charge is 2.10. The van der Waals surface area contributed by atoms with Gasteiger partial charge in [-0.25, -0.2) is 4.98 Å². The van der Waals surface area contributed by atoms with Gasteiger partial charge >= 0.3 is 0 Å². The Balaban J connectivity index is 2.20. The third-order valence-corrected chi connectivity index (χ3v) is 2.74. The number of ether oxygens (including phenoxy) is 1. The van der Waals surface area contributed by atoms with E-state index < -0.39 is 0 Å². The van der Waals surface area contributed by atoms with Crippen molar-refractivity contribution in [1.29, 1.82) is 0 Å². The largest absolute Gasteiger partial charge is 0.480 e. The van der Waals surface area contributed by atoms with E-state index in [2.05, 4.69) is 9.97 Å². The Morgan fingerprint density at radius 1 is 1.47 bits per heavy atom. The Morgan fingerprint density at radius 2 is 2.29 bits per heavy atom. The van der Waals surface area contributed by atoms with Gasteiger partial charge in [0, 0.05) is 26.5 Å². The van der Waals surface area contributed by atoms with E-state index >= 15 is 0 Å². The lowest BCUT2D eigenvalue weighted by atomic mass is 10.3. The lowest BCUT2D eigenvalue weighted by Gasteiger charge is -2.04. The van der Waals surface area contributed by atoms with E-state index in [1.807, 2.05) is 0 Å². The van der Waals surface area contributed by atoms with E-state index in [-0.39, 0.29) is 6.01 Å². The molecule has 6 heteroatoms. The first kappa shape index (κ1) is 12.1. The van der Waals surface area contributed by atoms with Crippen LogP contribution in [0.3, 0.4) is 0 Å². The Bertz CT molecular complexity index is 513. The highest BCUT2D eigenvalue weighted by Crippen LogP contribution is 2.22. The third kappa shape index (κ3) is 2.68. The summed E-state index contributed by atoms with van der Waals surface area (Å²) in [6, 6.07) is 1.74. The molecule has 0 radical (unpaired) electrons. The topological polar surface area (TPSA) is 60.2 Å². The van der Waals surface area contributed by atoms with Crippen molar-refractivity contribution in [2.45, 2.75) is 19.4 Å². The number of aromatic nitrogens is 3. The van der Waals surface area contributed by atoms with Crippen molar-refractivity contribution in [2.24, 2.45) is 0 Å². The fraction of sp³-hybridized carbons (Fsp3) is 0.455. The molecule has 0 amide bonds. The molecular weight excluding hydrogens is 242 g/mol. The molecule has 0 aromatic carbocycles. The van der Waals surface area contributed by atoms with E-state index in [0.717, 1.165) is 18.4 Å². The van der Waals surface area contributed by atoms with E-state index in [4.69, 9.17) is 16.3 Å². The summed E-state index contributed by atoms with van der Waals surface area (Å²) in [6.45, 7) is 1.39. The van der Waals surface area contributed by atoms with Crippen molar-refractivity contribution in [3.05, 3.63) is 17.3 Å². The molecule has 17 heavy (non-hydrogen) atoms. The zero-order valence-corrected chi connectivity index (χ0v) is 10.3. The average molecular weight is 256 g/mol. The molecule has 92 valence electrons. The number of imidazole rings is 1. The van der Waals surface area contributed by atoms with Crippen LogP contribution in [0.1, 0.15) is 12.8 Å². The molecule has 0 aliphatic carbocycles. The second-order valence-corrected chi connectivity index (χ2v) is 4.20. The maximum Gasteiger partial charge on any atom is 0.296 e. The molecule has 5 nitrogen and oxygen atoms in total. The first-order valence-electron chi connectivity index (χ1n) is 5.42. The van der Waals surface area contributed by atoms with Crippen LogP contribution in [0.25, 0.3) is 11.2 Å². The summed E-state index contributed by atoms with van der Waals surface area (Å²) >= 11 is 5.88. The molecule has 1 N–H and O–H groups in total. The van der Waals surface area contributed by atoms with Crippen LogP contribution in [0.5, 0.6) is 6.01 Å². The monoisotopic (exact) mass is 255 g/mol. The normalized spacial score (nSPS) is 11.2. The highest BCUT2D eigenvalue weighted by atomic mass is 35.5. The number of nitrogens with zero attached hydrogens (tertiary/aromatic N) is 3. The first-order chi connectivity index (χ1) is 8.22. The van der Waals surface area contributed by atoms with Gasteiger partial charge in [-0.1, -0.05) is 11.6 Å². The van der Waals surface area contributed by atoms with Gasteiger partial charge in [-0.05, 0) is 18.9 Å². The molecule has 0 aliphatic heterocycles. The van der Waals surface area contributed by atoms with E-state index in [1.165, 1.54) is 6.20 Å². The molecule has 2 rings (SSSR count). The molecular formula is C11H14ClN3O2. The number of halogens is 1. The zero-order chi connectivity index (χ0) is 12.3. The number of fused-ring (bicyclic) bond motifs is 1. The summed E-state index contributed by atoms with van der Waals surface area (Å²) in [7, 11) is 1.67. The second-order valence-electron chi connectivity index (χ2n) is 3.76. The van der Waals surface area contributed by atoms with Gasteiger partial charge in [0.25, 0.3) is 6.01 Å². The van der Waals surface area contributed by atoms with Crippen molar-refractivity contribution in [3.8, 4) is 6.01 Å². The van der Waals surface area contributed by atoms with Gasteiger partial charge in [-0.2, -0.15) is 4.98 Å². The van der Waals surface area contributed by atoms with E-state index in [1.54, 1.807) is 17.7 Å². The van der Waals surface area contributed by atoms with Crippen molar-refractivity contribution >= 4 is 22.8 Å². The van der Waals surface area contributed by atoms with Gasteiger partial charge in [-0.3, -0.25) is 4.57 Å². The van der Waals surface area contributed by atoms with Crippen molar-refractivity contribution in [1.82, 2.24) is 14.5 Å². The Kier molecular flexibility index (Phi) is 3.81. The molecule has 0 atom stereocenters.